The second-order valence-electron chi connectivity index (χ2n) is 6.44. The average molecular weight is 482 g/mol. The Hall–Kier alpha value is -2.24. The first-order valence-corrected chi connectivity index (χ1v) is 10.4. The zero-order chi connectivity index (χ0) is 21.7. The van der Waals surface area contributed by atoms with Crippen molar-refractivity contribution in [2.45, 2.75) is 13.1 Å². The summed E-state index contributed by atoms with van der Waals surface area (Å²) in [4.78, 5) is 24.5. The van der Waals surface area contributed by atoms with Crippen LogP contribution in [0.2, 0.25) is 20.1 Å². The van der Waals surface area contributed by atoms with E-state index in [-0.39, 0.29) is 11.8 Å². The molecule has 0 saturated carbocycles. The van der Waals surface area contributed by atoms with E-state index in [0.29, 0.717) is 44.3 Å². The molecule has 0 saturated heterocycles. The van der Waals surface area contributed by atoms with Crippen molar-refractivity contribution >= 4 is 58.2 Å². The lowest BCUT2D eigenvalue weighted by molar-refractivity contribution is 0.0942. The molecular formula is C22H16Cl4N2O2. The summed E-state index contributed by atoms with van der Waals surface area (Å²) in [6.07, 6.45) is 0. The number of amides is 2. The Morgan fingerprint density at radius 1 is 0.567 bits per heavy atom. The maximum Gasteiger partial charge on any atom is 0.251 e. The highest BCUT2D eigenvalue weighted by Crippen LogP contribution is 2.23. The van der Waals surface area contributed by atoms with Crippen LogP contribution in [0.3, 0.4) is 0 Å². The van der Waals surface area contributed by atoms with Crippen molar-refractivity contribution in [2.24, 2.45) is 0 Å². The first-order chi connectivity index (χ1) is 14.3. The average Bonchev–Trinajstić information content (AvgIpc) is 2.74. The van der Waals surface area contributed by atoms with Crippen molar-refractivity contribution in [1.82, 2.24) is 10.6 Å². The van der Waals surface area contributed by atoms with Crippen LogP contribution in [0, 0.1) is 0 Å². The van der Waals surface area contributed by atoms with Crippen LogP contribution >= 0.6 is 46.4 Å². The number of benzene rings is 3. The molecule has 154 valence electrons. The van der Waals surface area contributed by atoms with E-state index in [2.05, 4.69) is 10.6 Å². The van der Waals surface area contributed by atoms with Gasteiger partial charge in [-0.25, -0.2) is 0 Å². The van der Waals surface area contributed by atoms with E-state index in [1.807, 2.05) is 24.3 Å². The highest BCUT2D eigenvalue weighted by molar-refractivity contribution is 6.42. The molecule has 0 heterocycles. The summed E-state index contributed by atoms with van der Waals surface area (Å²) in [5.41, 5.74) is 2.71. The fourth-order valence-electron chi connectivity index (χ4n) is 2.62. The number of nitrogens with one attached hydrogen (secondary N) is 2. The standard InChI is InChI=1S/C22H16Cl4N2O2/c23-17-7-5-15(9-19(17)25)21(29)27-11-13-1-2-14(4-3-13)12-28-22(30)16-6-8-18(24)20(26)10-16/h1-10H,11-12H2,(H,27,29)(H,28,30). The van der Waals surface area contributed by atoms with E-state index in [4.69, 9.17) is 46.4 Å². The van der Waals surface area contributed by atoms with Gasteiger partial charge in [0.2, 0.25) is 0 Å². The van der Waals surface area contributed by atoms with Crippen LogP contribution in [0.5, 0.6) is 0 Å². The zero-order valence-electron chi connectivity index (χ0n) is 15.5. The molecule has 2 N–H and O–H groups in total. The van der Waals surface area contributed by atoms with Crippen LogP contribution in [0.1, 0.15) is 31.8 Å². The van der Waals surface area contributed by atoms with Gasteiger partial charge in [0.05, 0.1) is 20.1 Å². The lowest BCUT2D eigenvalue weighted by atomic mass is 10.1. The molecule has 0 unspecified atom stereocenters. The predicted molar refractivity (Wildman–Crippen MR) is 122 cm³/mol. The van der Waals surface area contributed by atoms with Gasteiger partial charge in [-0.2, -0.15) is 0 Å². The molecule has 0 aromatic heterocycles. The van der Waals surface area contributed by atoms with E-state index in [1.54, 1.807) is 24.3 Å². The molecule has 0 radical (unpaired) electrons. The number of halogens is 4. The molecule has 4 nitrogen and oxygen atoms in total. The number of carbonyl (C=O) groups excluding carboxylic acids is 2. The number of hydrogen-bond acceptors (Lipinski definition) is 2. The Bertz CT molecular complexity index is 998. The van der Waals surface area contributed by atoms with Gasteiger partial charge in [-0.3, -0.25) is 9.59 Å². The quantitative estimate of drug-likeness (QED) is 0.442. The number of hydrogen-bond donors (Lipinski definition) is 2. The molecule has 0 fully saturated rings. The lowest BCUT2D eigenvalue weighted by Gasteiger charge is -2.09. The van der Waals surface area contributed by atoms with Crippen molar-refractivity contribution in [3.05, 3.63) is 103 Å². The lowest BCUT2D eigenvalue weighted by Crippen LogP contribution is -2.23. The SMILES string of the molecule is O=C(NCc1ccc(CNC(=O)c2ccc(Cl)c(Cl)c2)cc1)c1ccc(Cl)c(Cl)c1. The molecule has 3 aromatic rings. The summed E-state index contributed by atoms with van der Waals surface area (Å²) in [7, 11) is 0. The topological polar surface area (TPSA) is 58.2 Å². The third-order valence-corrected chi connectivity index (χ3v) is 5.77. The van der Waals surface area contributed by atoms with Crippen LogP contribution in [0.15, 0.2) is 60.7 Å². The van der Waals surface area contributed by atoms with Crippen LogP contribution in [0.25, 0.3) is 0 Å². The molecule has 0 aliphatic carbocycles. The van der Waals surface area contributed by atoms with Crippen molar-refractivity contribution in [1.29, 1.82) is 0 Å². The molecule has 2 amide bonds. The minimum Gasteiger partial charge on any atom is -0.348 e. The van der Waals surface area contributed by atoms with Gasteiger partial charge >= 0.3 is 0 Å². The molecule has 30 heavy (non-hydrogen) atoms. The Morgan fingerprint density at radius 3 is 1.27 bits per heavy atom. The molecule has 3 rings (SSSR count). The van der Waals surface area contributed by atoms with Gasteiger partial charge in [0.1, 0.15) is 0 Å². The summed E-state index contributed by atoms with van der Waals surface area (Å²) in [5, 5.41) is 7.12. The van der Waals surface area contributed by atoms with Gasteiger partial charge in [0.15, 0.2) is 0 Å². The Kier molecular flexibility index (Phi) is 7.62. The second-order valence-corrected chi connectivity index (χ2v) is 8.07. The van der Waals surface area contributed by atoms with E-state index in [1.165, 1.54) is 12.1 Å². The minimum atomic E-state index is -0.244. The van der Waals surface area contributed by atoms with Crippen LogP contribution in [0.4, 0.5) is 0 Å². The Morgan fingerprint density at radius 2 is 0.933 bits per heavy atom. The van der Waals surface area contributed by atoms with Gasteiger partial charge in [-0.15, -0.1) is 0 Å². The van der Waals surface area contributed by atoms with E-state index >= 15 is 0 Å². The summed E-state index contributed by atoms with van der Waals surface area (Å²) in [6, 6.07) is 17.0. The normalized spacial score (nSPS) is 10.5. The van der Waals surface area contributed by atoms with E-state index in [9.17, 15) is 9.59 Å². The number of carbonyl (C=O) groups is 2. The highest BCUT2D eigenvalue weighted by Gasteiger charge is 2.09. The number of rotatable bonds is 6. The predicted octanol–water partition coefficient (Wildman–Crippen LogP) is 6.16. The molecule has 0 aliphatic rings. The van der Waals surface area contributed by atoms with Gasteiger partial charge in [-0.05, 0) is 47.5 Å². The van der Waals surface area contributed by atoms with Crippen molar-refractivity contribution < 1.29 is 9.59 Å². The summed E-state index contributed by atoms with van der Waals surface area (Å²) >= 11 is 23.6. The molecule has 0 bridgehead atoms. The van der Waals surface area contributed by atoms with Gasteiger partial charge in [0, 0.05) is 24.2 Å². The fraction of sp³-hybridized carbons (Fsp3) is 0.0909. The third-order valence-electron chi connectivity index (χ3n) is 4.29. The van der Waals surface area contributed by atoms with Gasteiger partial charge < -0.3 is 10.6 Å². The van der Waals surface area contributed by atoms with Crippen molar-refractivity contribution in [2.75, 3.05) is 0 Å². The van der Waals surface area contributed by atoms with Crippen LogP contribution < -0.4 is 10.6 Å². The summed E-state index contributed by atoms with van der Waals surface area (Å²) in [5.74, 6) is -0.488. The minimum absolute atomic E-state index is 0.244. The van der Waals surface area contributed by atoms with Crippen LogP contribution in [-0.2, 0) is 13.1 Å². The Balaban J connectivity index is 1.52. The van der Waals surface area contributed by atoms with Gasteiger partial charge in [0.25, 0.3) is 11.8 Å². The fourth-order valence-corrected chi connectivity index (χ4v) is 3.21. The summed E-state index contributed by atoms with van der Waals surface area (Å²) in [6.45, 7) is 0.712. The smallest absolute Gasteiger partial charge is 0.251 e. The van der Waals surface area contributed by atoms with Crippen molar-refractivity contribution in [3.8, 4) is 0 Å². The molecular weight excluding hydrogens is 466 g/mol. The highest BCUT2D eigenvalue weighted by atomic mass is 35.5. The van der Waals surface area contributed by atoms with Crippen LogP contribution in [-0.4, -0.2) is 11.8 Å². The van der Waals surface area contributed by atoms with Gasteiger partial charge in [-0.1, -0.05) is 70.7 Å². The first-order valence-electron chi connectivity index (χ1n) is 8.88. The second kappa shape index (κ2) is 10.2. The first kappa shape index (κ1) is 22.4. The third kappa shape index (κ3) is 5.89. The molecule has 3 aromatic carbocycles. The van der Waals surface area contributed by atoms with E-state index < -0.39 is 0 Å². The Labute approximate surface area is 194 Å². The van der Waals surface area contributed by atoms with Crippen molar-refractivity contribution in [3.63, 3.8) is 0 Å². The van der Waals surface area contributed by atoms with E-state index in [0.717, 1.165) is 11.1 Å². The molecule has 8 heteroatoms. The molecule has 0 atom stereocenters. The zero-order valence-corrected chi connectivity index (χ0v) is 18.5. The summed E-state index contributed by atoms with van der Waals surface area (Å²) < 4.78 is 0. The molecule has 0 aliphatic heterocycles. The maximum absolute atomic E-state index is 12.2. The monoisotopic (exact) mass is 480 g/mol. The molecule has 0 spiro atoms. The largest absolute Gasteiger partial charge is 0.348 e. The maximum atomic E-state index is 12.2.